The van der Waals surface area contributed by atoms with E-state index in [0.29, 0.717) is 19.3 Å². The summed E-state index contributed by atoms with van der Waals surface area (Å²) in [5, 5.41) is 23.8. The van der Waals surface area contributed by atoms with E-state index in [-0.39, 0.29) is 31.3 Å². The van der Waals surface area contributed by atoms with E-state index in [9.17, 15) is 19.8 Å². The molecule has 6 nitrogen and oxygen atoms in total. The molecule has 0 heterocycles. The molecule has 3 atom stereocenters. The first-order valence-corrected chi connectivity index (χ1v) is 25.8. The molecule has 0 radical (unpaired) electrons. The second-order valence-electron chi connectivity index (χ2n) is 16.9. The molecule has 0 aliphatic heterocycles. The Kier molecular flexibility index (Phi) is 47.3. The fraction of sp³-hybridized carbons (Fsp3) is 0.621. The van der Waals surface area contributed by atoms with Gasteiger partial charge in [-0.1, -0.05) is 239 Å². The Balaban J connectivity index is 4.80. The Morgan fingerprint density at radius 1 is 0.484 bits per heavy atom. The Labute approximate surface area is 393 Å². The van der Waals surface area contributed by atoms with Crippen molar-refractivity contribution < 1.29 is 24.5 Å². The zero-order valence-electron chi connectivity index (χ0n) is 41.1. The number of allylic oxidation sites excluding steroid dienone is 20. The second-order valence-corrected chi connectivity index (χ2v) is 16.9. The van der Waals surface area contributed by atoms with Crippen molar-refractivity contribution in [3.8, 4) is 0 Å². The number of nitrogens with one attached hydrogen (secondary N) is 1. The van der Waals surface area contributed by atoms with Crippen LogP contribution < -0.4 is 5.32 Å². The quantitative estimate of drug-likeness (QED) is 0.0245. The van der Waals surface area contributed by atoms with Crippen LogP contribution >= 0.6 is 0 Å². The summed E-state index contributed by atoms with van der Waals surface area (Å²) in [5.41, 5.74) is 0. The summed E-state index contributed by atoms with van der Waals surface area (Å²) in [6.07, 6.45) is 69.8. The number of aliphatic hydroxyl groups is 2. The van der Waals surface area contributed by atoms with Crippen molar-refractivity contribution in [2.75, 3.05) is 6.61 Å². The highest BCUT2D eigenvalue weighted by molar-refractivity contribution is 5.77. The van der Waals surface area contributed by atoms with Crippen LogP contribution in [0, 0.1) is 0 Å². The minimum absolute atomic E-state index is 0.00187. The van der Waals surface area contributed by atoms with E-state index in [0.717, 1.165) is 77.0 Å². The number of esters is 1. The molecular formula is C58H95NO5. The largest absolute Gasteiger partial charge is 0.462 e. The third-order valence-corrected chi connectivity index (χ3v) is 10.9. The van der Waals surface area contributed by atoms with Crippen molar-refractivity contribution in [3.63, 3.8) is 0 Å². The number of hydrogen-bond acceptors (Lipinski definition) is 5. The minimum atomic E-state index is -0.823. The fourth-order valence-electron chi connectivity index (χ4n) is 7.08. The maximum atomic E-state index is 13.2. The fourth-order valence-corrected chi connectivity index (χ4v) is 7.08. The monoisotopic (exact) mass is 886 g/mol. The Bertz CT molecular complexity index is 1360. The summed E-state index contributed by atoms with van der Waals surface area (Å²) in [4.78, 5) is 26.1. The van der Waals surface area contributed by atoms with Crippen LogP contribution in [0.15, 0.2) is 122 Å². The van der Waals surface area contributed by atoms with Crippen molar-refractivity contribution in [2.45, 2.75) is 225 Å². The molecule has 362 valence electrons. The first-order chi connectivity index (χ1) is 31.5. The van der Waals surface area contributed by atoms with Crippen LogP contribution in [-0.4, -0.2) is 46.9 Å². The lowest BCUT2D eigenvalue weighted by atomic mass is 10.0. The van der Waals surface area contributed by atoms with Gasteiger partial charge >= 0.3 is 5.97 Å². The summed E-state index contributed by atoms with van der Waals surface area (Å²) in [6.45, 7) is 6.18. The Morgan fingerprint density at radius 3 is 1.42 bits per heavy atom. The van der Waals surface area contributed by atoms with Gasteiger partial charge in [0, 0.05) is 6.42 Å². The highest BCUT2D eigenvalue weighted by atomic mass is 16.5. The standard InChI is InChI=1S/C58H95NO5/c1-4-7-10-13-16-19-22-25-27-28-30-32-34-37-40-43-46-49-54(64-58(63)51-48-45-42-39-36-31-24-21-18-15-12-9-6-3)52-57(62)59-55(53-60)56(61)50-47-44-41-38-35-33-29-26-23-20-17-14-11-8-5-2/h7,9-10,12,15-16,18-19,21,24-25,27,30-32,36-37,39-40,42,54-56,60-61H,4-6,8,11,13-14,17,20,22-23,26,28-29,33-35,38,41,43-53H2,1-3H3,(H,59,62)/b10-7-,12-9+,18-15+,19-16-,24-21-,27-25-,32-30-,36-31-,40-37-,42-39+. The summed E-state index contributed by atoms with van der Waals surface area (Å²) < 4.78 is 5.86. The van der Waals surface area contributed by atoms with E-state index in [4.69, 9.17) is 4.74 Å². The SMILES string of the molecule is CC/C=C\C/C=C\C/C=C\C/C=C\C/C=C\CCCC(CC(=O)NC(CO)C(O)CCCCCCCCCCCCCCCCC)OC(=O)CCC/C=C/C=C\C=C/C=C/C=C/CC. The zero-order valence-corrected chi connectivity index (χ0v) is 41.1. The number of rotatable bonds is 44. The first-order valence-electron chi connectivity index (χ1n) is 25.8. The molecule has 0 fully saturated rings. The van der Waals surface area contributed by atoms with E-state index in [1.807, 2.05) is 54.7 Å². The molecule has 0 aromatic rings. The molecule has 0 aliphatic rings. The lowest BCUT2D eigenvalue weighted by Crippen LogP contribution is -2.46. The molecular weight excluding hydrogens is 791 g/mol. The third kappa shape index (κ3) is 44.9. The summed E-state index contributed by atoms with van der Waals surface area (Å²) in [5.74, 6) is -0.630. The van der Waals surface area contributed by atoms with E-state index in [2.05, 4.69) is 92.9 Å². The van der Waals surface area contributed by atoms with Gasteiger partial charge in [-0.15, -0.1) is 0 Å². The normalized spacial score (nSPS) is 14.3. The predicted molar refractivity (Wildman–Crippen MR) is 277 cm³/mol. The predicted octanol–water partition coefficient (Wildman–Crippen LogP) is 15.7. The molecule has 0 rings (SSSR count). The van der Waals surface area contributed by atoms with E-state index in [1.165, 1.54) is 77.0 Å². The highest BCUT2D eigenvalue weighted by Gasteiger charge is 2.24. The van der Waals surface area contributed by atoms with Crippen LogP contribution in [-0.2, 0) is 14.3 Å². The van der Waals surface area contributed by atoms with Crippen LogP contribution in [0.2, 0.25) is 0 Å². The number of amides is 1. The van der Waals surface area contributed by atoms with Crippen molar-refractivity contribution in [3.05, 3.63) is 122 Å². The number of ether oxygens (including phenoxy) is 1. The van der Waals surface area contributed by atoms with Gasteiger partial charge in [0.05, 0.1) is 25.2 Å². The van der Waals surface area contributed by atoms with Crippen LogP contribution in [0.4, 0.5) is 0 Å². The molecule has 1 amide bonds. The third-order valence-electron chi connectivity index (χ3n) is 10.9. The lowest BCUT2D eigenvalue weighted by Gasteiger charge is -2.24. The number of carbonyl (C=O) groups excluding carboxylic acids is 2. The number of unbranched alkanes of at least 4 members (excludes halogenated alkanes) is 16. The molecule has 0 saturated heterocycles. The van der Waals surface area contributed by atoms with Crippen LogP contribution in [0.1, 0.15) is 207 Å². The van der Waals surface area contributed by atoms with Crippen LogP contribution in [0.3, 0.4) is 0 Å². The van der Waals surface area contributed by atoms with E-state index < -0.39 is 18.2 Å². The molecule has 3 unspecified atom stereocenters. The molecule has 3 N–H and O–H groups in total. The van der Waals surface area contributed by atoms with Crippen LogP contribution in [0.5, 0.6) is 0 Å². The van der Waals surface area contributed by atoms with Crippen LogP contribution in [0.25, 0.3) is 0 Å². The second kappa shape index (κ2) is 50.3. The topological polar surface area (TPSA) is 95.9 Å². The molecule has 6 heteroatoms. The molecule has 0 aromatic heterocycles. The maximum Gasteiger partial charge on any atom is 0.306 e. The van der Waals surface area contributed by atoms with Crippen molar-refractivity contribution in [2.24, 2.45) is 0 Å². The van der Waals surface area contributed by atoms with Crippen molar-refractivity contribution in [1.82, 2.24) is 5.32 Å². The summed E-state index contributed by atoms with van der Waals surface area (Å²) in [6, 6.07) is -0.743. The van der Waals surface area contributed by atoms with Crippen molar-refractivity contribution in [1.29, 1.82) is 0 Å². The van der Waals surface area contributed by atoms with Crippen molar-refractivity contribution >= 4 is 11.9 Å². The van der Waals surface area contributed by atoms with E-state index >= 15 is 0 Å². The van der Waals surface area contributed by atoms with Gasteiger partial charge in [-0.05, 0) is 77.0 Å². The summed E-state index contributed by atoms with van der Waals surface area (Å²) in [7, 11) is 0. The van der Waals surface area contributed by atoms with Gasteiger partial charge in [0.15, 0.2) is 0 Å². The number of carbonyl (C=O) groups is 2. The zero-order chi connectivity index (χ0) is 46.7. The summed E-state index contributed by atoms with van der Waals surface area (Å²) >= 11 is 0. The average Bonchev–Trinajstić information content (AvgIpc) is 3.29. The van der Waals surface area contributed by atoms with Gasteiger partial charge in [-0.2, -0.15) is 0 Å². The smallest absolute Gasteiger partial charge is 0.306 e. The van der Waals surface area contributed by atoms with E-state index in [1.54, 1.807) is 0 Å². The Morgan fingerprint density at radius 2 is 0.922 bits per heavy atom. The number of hydrogen-bond donors (Lipinski definition) is 3. The molecule has 0 aliphatic carbocycles. The van der Waals surface area contributed by atoms with Gasteiger partial charge in [0.2, 0.25) is 5.91 Å². The minimum Gasteiger partial charge on any atom is -0.462 e. The maximum absolute atomic E-state index is 13.2. The Hall–Kier alpha value is -3.74. The molecule has 0 saturated carbocycles. The average molecular weight is 886 g/mol. The molecule has 0 bridgehead atoms. The highest BCUT2D eigenvalue weighted by Crippen LogP contribution is 2.16. The van der Waals surface area contributed by atoms with Gasteiger partial charge in [-0.3, -0.25) is 9.59 Å². The number of aliphatic hydroxyl groups excluding tert-OH is 2. The van der Waals surface area contributed by atoms with Gasteiger partial charge < -0.3 is 20.3 Å². The molecule has 0 aromatic carbocycles. The first kappa shape index (κ1) is 60.3. The molecule has 0 spiro atoms. The van der Waals surface area contributed by atoms with Gasteiger partial charge in [-0.25, -0.2) is 0 Å². The van der Waals surface area contributed by atoms with Gasteiger partial charge in [0.25, 0.3) is 0 Å². The lowest BCUT2D eigenvalue weighted by molar-refractivity contribution is -0.151. The van der Waals surface area contributed by atoms with Gasteiger partial charge in [0.1, 0.15) is 6.10 Å². The molecule has 64 heavy (non-hydrogen) atoms.